The van der Waals surface area contributed by atoms with Crippen LogP contribution in [0.4, 0.5) is 0 Å². The Hall–Kier alpha value is -1.16. The average molecular weight is 236 g/mol. The molecule has 0 saturated heterocycles. The molecule has 0 unspecified atom stereocenters. The van der Waals surface area contributed by atoms with Crippen LogP contribution in [0.5, 0.6) is 5.88 Å². The van der Waals surface area contributed by atoms with Gasteiger partial charge in [0.25, 0.3) is 0 Å². The SMILES string of the molecule is NC(=S)c1ccnc(OCC2CCCC2)c1. The molecule has 1 heterocycles. The van der Waals surface area contributed by atoms with E-state index in [1.165, 1.54) is 25.7 Å². The van der Waals surface area contributed by atoms with Crippen LogP contribution in [0.3, 0.4) is 0 Å². The molecule has 1 aliphatic carbocycles. The summed E-state index contributed by atoms with van der Waals surface area (Å²) in [5, 5.41) is 0. The third kappa shape index (κ3) is 2.92. The van der Waals surface area contributed by atoms with Gasteiger partial charge < -0.3 is 10.5 Å². The molecule has 0 bridgehead atoms. The maximum atomic E-state index is 5.65. The van der Waals surface area contributed by atoms with Crippen LogP contribution in [0.2, 0.25) is 0 Å². The predicted molar refractivity (Wildman–Crippen MR) is 67.6 cm³/mol. The highest BCUT2D eigenvalue weighted by Crippen LogP contribution is 2.25. The maximum Gasteiger partial charge on any atom is 0.213 e. The topological polar surface area (TPSA) is 48.1 Å². The van der Waals surface area contributed by atoms with Gasteiger partial charge in [-0.25, -0.2) is 4.98 Å². The van der Waals surface area contributed by atoms with Gasteiger partial charge in [-0.3, -0.25) is 0 Å². The number of nitrogens with zero attached hydrogens (tertiary/aromatic N) is 1. The molecule has 0 amide bonds. The molecule has 1 fully saturated rings. The van der Waals surface area contributed by atoms with Gasteiger partial charge in [-0.15, -0.1) is 0 Å². The zero-order valence-corrected chi connectivity index (χ0v) is 10.0. The van der Waals surface area contributed by atoms with Crippen molar-refractivity contribution in [3.8, 4) is 5.88 Å². The molecular weight excluding hydrogens is 220 g/mol. The lowest BCUT2D eigenvalue weighted by Gasteiger charge is -2.10. The lowest BCUT2D eigenvalue weighted by molar-refractivity contribution is 0.243. The Morgan fingerprint density at radius 1 is 1.50 bits per heavy atom. The van der Waals surface area contributed by atoms with Crippen LogP contribution in [-0.2, 0) is 0 Å². The van der Waals surface area contributed by atoms with Gasteiger partial charge in [0.2, 0.25) is 5.88 Å². The van der Waals surface area contributed by atoms with Crippen molar-refractivity contribution in [2.45, 2.75) is 25.7 Å². The maximum absolute atomic E-state index is 5.65. The van der Waals surface area contributed by atoms with Gasteiger partial charge in [-0.05, 0) is 24.8 Å². The zero-order valence-electron chi connectivity index (χ0n) is 9.19. The summed E-state index contributed by atoms with van der Waals surface area (Å²) in [5.41, 5.74) is 6.36. The fraction of sp³-hybridized carbons (Fsp3) is 0.500. The monoisotopic (exact) mass is 236 g/mol. The van der Waals surface area contributed by atoms with Crippen molar-refractivity contribution in [1.29, 1.82) is 0 Å². The fourth-order valence-electron chi connectivity index (χ4n) is 2.02. The molecule has 3 nitrogen and oxygen atoms in total. The molecule has 2 N–H and O–H groups in total. The molecule has 1 aromatic heterocycles. The summed E-state index contributed by atoms with van der Waals surface area (Å²) in [6.45, 7) is 0.758. The summed E-state index contributed by atoms with van der Waals surface area (Å²) in [7, 11) is 0. The largest absolute Gasteiger partial charge is 0.477 e. The van der Waals surface area contributed by atoms with Gasteiger partial charge in [-0.2, -0.15) is 0 Å². The first-order chi connectivity index (χ1) is 7.75. The Morgan fingerprint density at radius 2 is 2.25 bits per heavy atom. The van der Waals surface area contributed by atoms with Gasteiger partial charge >= 0.3 is 0 Å². The van der Waals surface area contributed by atoms with Gasteiger partial charge in [0, 0.05) is 17.8 Å². The summed E-state index contributed by atoms with van der Waals surface area (Å²) in [6.07, 6.45) is 6.88. The number of ether oxygens (including phenoxy) is 1. The van der Waals surface area contributed by atoms with Gasteiger partial charge in [0.05, 0.1) is 6.61 Å². The van der Waals surface area contributed by atoms with E-state index in [1.54, 1.807) is 18.3 Å². The second-order valence-electron chi connectivity index (χ2n) is 4.21. The van der Waals surface area contributed by atoms with Crippen LogP contribution in [0, 0.1) is 5.92 Å². The minimum Gasteiger partial charge on any atom is -0.477 e. The van der Waals surface area contributed by atoms with Crippen LogP contribution >= 0.6 is 12.2 Å². The standard InChI is InChI=1S/C12H16N2OS/c13-12(16)10-5-6-14-11(7-10)15-8-9-3-1-2-4-9/h5-7,9H,1-4,8H2,(H2,13,16). The van der Waals surface area contributed by atoms with Crippen LogP contribution in [0.25, 0.3) is 0 Å². The zero-order chi connectivity index (χ0) is 11.4. The molecule has 0 aliphatic heterocycles. The Bertz CT molecular complexity index is 375. The van der Waals surface area contributed by atoms with Crippen molar-refractivity contribution in [3.05, 3.63) is 23.9 Å². The minimum atomic E-state index is 0.383. The van der Waals surface area contributed by atoms with Crippen LogP contribution in [0.15, 0.2) is 18.3 Å². The highest BCUT2D eigenvalue weighted by Gasteiger charge is 2.15. The number of hydrogen-bond donors (Lipinski definition) is 1. The third-order valence-corrected chi connectivity index (χ3v) is 3.20. The molecule has 2 rings (SSSR count). The van der Waals surface area contributed by atoms with Crippen molar-refractivity contribution in [1.82, 2.24) is 4.98 Å². The average Bonchev–Trinajstić information content (AvgIpc) is 2.79. The van der Waals surface area contributed by atoms with E-state index < -0.39 is 0 Å². The molecule has 0 atom stereocenters. The van der Waals surface area contributed by atoms with E-state index in [1.807, 2.05) is 0 Å². The first-order valence-electron chi connectivity index (χ1n) is 5.64. The quantitative estimate of drug-likeness (QED) is 0.815. The molecule has 0 aromatic carbocycles. The minimum absolute atomic E-state index is 0.383. The van der Waals surface area contributed by atoms with Gasteiger partial charge in [0.15, 0.2) is 0 Å². The van der Waals surface area contributed by atoms with Gasteiger partial charge in [-0.1, -0.05) is 25.1 Å². The second-order valence-corrected chi connectivity index (χ2v) is 4.65. The molecular formula is C12H16N2OS. The normalized spacial score (nSPS) is 16.2. The number of hydrogen-bond acceptors (Lipinski definition) is 3. The number of nitrogens with two attached hydrogens (primary N) is 1. The third-order valence-electron chi connectivity index (χ3n) is 2.96. The Labute approximate surface area is 101 Å². The number of thiocarbonyl (C=S) groups is 1. The summed E-state index contributed by atoms with van der Waals surface area (Å²) < 4.78 is 5.65. The van der Waals surface area contributed by atoms with Crippen molar-refractivity contribution in [2.24, 2.45) is 11.7 Å². The highest BCUT2D eigenvalue weighted by molar-refractivity contribution is 7.80. The van der Waals surface area contributed by atoms with E-state index in [-0.39, 0.29) is 0 Å². The van der Waals surface area contributed by atoms with E-state index in [2.05, 4.69) is 4.98 Å². The Morgan fingerprint density at radius 3 is 2.94 bits per heavy atom. The molecule has 0 spiro atoms. The highest BCUT2D eigenvalue weighted by atomic mass is 32.1. The van der Waals surface area contributed by atoms with Crippen molar-refractivity contribution >= 4 is 17.2 Å². The number of pyridine rings is 1. The molecule has 16 heavy (non-hydrogen) atoms. The van der Waals surface area contributed by atoms with Crippen molar-refractivity contribution in [3.63, 3.8) is 0 Å². The van der Waals surface area contributed by atoms with E-state index in [0.29, 0.717) is 16.8 Å². The molecule has 1 aliphatic rings. The van der Waals surface area contributed by atoms with E-state index in [4.69, 9.17) is 22.7 Å². The Kier molecular flexibility index (Phi) is 3.72. The molecule has 0 radical (unpaired) electrons. The summed E-state index contributed by atoms with van der Waals surface area (Å²) >= 11 is 4.91. The first-order valence-corrected chi connectivity index (χ1v) is 6.05. The van der Waals surface area contributed by atoms with E-state index in [0.717, 1.165) is 12.2 Å². The smallest absolute Gasteiger partial charge is 0.213 e. The molecule has 1 aromatic rings. The predicted octanol–water partition coefficient (Wildman–Crippen LogP) is 2.28. The van der Waals surface area contributed by atoms with E-state index in [9.17, 15) is 0 Å². The molecule has 1 saturated carbocycles. The molecule has 4 heteroatoms. The first kappa shape index (κ1) is 11.3. The molecule has 86 valence electrons. The number of rotatable bonds is 4. The van der Waals surface area contributed by atoms with Crippen LogP contribution in [0.1, 0.15) is 31.2 Å². The fourth-order valence-corrected chi connectivity index (χ4v) is 2.15. The number of aromatic nitrogens is 1. The van der Waals surface area contributed by atoms with Crippen LogP contribution < -0.4 is 10.5 Å². The van der Waals surface area contributed by atoms with E-state index >= 15 is 0 Å². The van der Waals surface area contributed by atoms with Gasteiger partial charge in [0.1, 0.15) is 4.99 Å². The van der Waals surface area contributed by atoms with Crippen molar-refractivity contribution < 1.29 is 4.74 Å². The summed E-state index contributed by atoms with van der Waals surface area (Å²) in [5.74, 6) is 1.31. The summed E-state index contributed by atoms with van der Waals surface area (Å²) in [6, 6.07) is 3.60. The second kappa shape index (κ2) is 5.25. The lowest BCUT2D eigenvalue weighted by Crippen LogP contribution is -2.12. The van der Waals surface area contributed by atoms with Crippen molar-refractivity contribution in [2.75, 3.05) is 6.61 Å². The lowest BCUT2D eigenvalue weighted by atomic mass is 10.1. The Balaban J connectivity index is 1.93. The summed E-state index contributed by atoms with van der Waals surface area (Å²) in [4.78, 5) is 4.53. The van der Waals surface area contributed by atoms with Crippen LogP contribution in [-0.4, -0.2) is 16.6 Å².